The van der Waals surface area contributed by atoms with E-state index in [0.717, 1.165) is 23.4 Å². The smallest absolute Gasteiger partial charge is 0.224 e. The van der Waals surface area contributed by atoms with E-state index in [1.54, 1.807) is 6.20 Å². The fourth-order valence-electron chi connectivity index (χ4n) is 2.13. The molecule has 0 aliphatic carbocycles. The van der Waals surface area contributed by atoms with Crippen LogP contribution in [-0.2, 0) is 0 Å². The molecule has 1 fully saturated rings. The second-order valence-electron chi connectivity index (χ2n) is 4.52. The molecule has 0 bridgehead atoms. The normalized spacial score (nSPS) is 21.0. The Morgan fingerprint density at radius 1 is 1.53 bits per heavy atom. The summed E-state index contributed by atoms with van der Waals surface area (Å²) >= 11 is 9.34. The fraction of sp³-hybridized carbons (Fsp3) is 0.636. The monoisotopic (exact) mass is 318 g/mol. The van der Waals surface area contributed by atoms with Gasteiger partial charge in [0.05, 0.1) is 4.47 Å². The van der Waals surface area contributed by atoms with Crippen molar-refractivity contribution in [3.05, 3.63) is 16.0 Å². The maximum atomic E-state index is 5.85. The summed E-state index contributed by atoms with van der Waals surface area (Å²) in [6.07, 6.45) is 4.13. The second kappa shape index (κ2) is 5.50. The Morgan fingerprint density at radius 3 is 3.00 bits per heavy atom. The van der Waals surface area contributed by atoms with Gasteiger partial charge in [0.15, 0.2) is 0 Å². The largest absolute Gasteiger partial charge is 0.354 e. The predicted octanol–water partition coefficient (Wildman–Crippen LogP) is 2.42. The zero-order valence-corrected chi connectivity index (χ0v) is 12.4. The Balaban J connectivity index is 2.18. The maximum absolute atomic E-state index is 5.85. The van der Waals surface area contributed by atoms with Gasteiger partial charge < -0.3 is 9.80 Å². The van der Waals surface area contributed by atoms with Crippen molar-refractivity contribution in [1.29, 1.82) is 0 Å². The molecule has 4 nitrogen and oxygen atoms in total. The third kappa shape index (κ3) is 3.09. The molecule has 0 amide bonds. The highest BCUT2D eigenvalue weighted by Gasteiger charge is 2.23. The van der Waals surface area contributed by atoms with Gasteiger partial charge in [-0.05, 0) is 54.5 Å². The summed E-state index contributed by atoms with van der Waals surface area (Å²) < 4.78 is 0.904. The fourth-order valence-corrected chi connectivity index (χ4v) is 2.70. The van der Waals surface area contributed by atoms with Crippen LogP contribution < -0.4 is 4.90 Å². The number of rotatable bonds is 2. The summed E-state index contributed by atoms with van der Waals surface area (Å²) in [5.74, 6) is 0.900. The van der Waals surface area contributed by atoms with E-state index < -0.39 is 0 Å². The summed E-state index contributed by atoms with van der Waals surface area (Å²) in [5, 5.41) is 0.301. The topological polar surface area (TPSA) is 32.3 Å². The van der Waals surface area contributed by atoms with Crippen LogP contribution in [0.25, 0.3) is 0 Å². The molecule has 1 aromatic heterocycles. The lowest BCUT2D eigenvalue weighted by Gasteiger charge is -2.37. The Bertz CT molecular complexity index is 399. The molecule has 0 spiro atoms. The number of hydrogen-bond donors (Lipinski definition) is 0. The molecule has 6 heteroatoms. The average Bonchev–Trinajstić information content (AvgIpc) is 2.32. The molecule has 2 heterocycles. The molecule has 2 rings (SSSR count). The molecule has 1 aliphatic rings. The van der Waals surface area contributed by atoms with Crippen molar-refractivity contribution in [3.8, 4) is 0 Å². The zero-order chi connectivity index (χ0) is 12.4. The lowest BCUT2D eigenvalue weighted by Crippen LogP contribution is -2.45. The van der Waals surface area contributed by atoms with Crippen LogP contribution in [0.3, 0.4) is 0 Å². The summed E-state index contributed by atoms with van der Waals surface area (Å²) in [6.45, 7) is 2.01. The van der Waals surface area contributed by atoms with Crippen molar-refractivity contribution in [1.82, 2.24) is 14.9 Å². The molecule has 1 aliphatic heterocycles. The van der Waals surface area contributed by atoms with E-state index in [0.29, 0.717) is 11.3 Å². The Kier molecular flexibility index (Phi) is 4.22. The molecule has 1 atom stereocenters. The van der Waals surface area contributed by atoms with Crippen LogP contribution in [0.5, 0.6) is 0 Å². The van der Waals surface area contributed by atoms with Crippen LogP contribution >= 0.6 is 27.5 Å². The first-order valence-corrected chi connectivity index (χ1v) is 6.84. The van der Waals surface area contributed by atoms with Crippen molar-refractivity contribution in [2.24, 2.45) is 0 Å². The number of nitrogens with zero attached hydrogens (tertiary/aromatic N) is 4. The summed E-state index contributed by atoms with van der Waals surface area (Å²) in [5.41, 5.74) is 0. The first-order chi connectivity index (χ1) is 8.08. The van der Waals surface area contributed by atoms with E-state index in [9.17, 15) is 0 Å². The highest BCUT2D eigenvalue weighted by Crippen LogP contribution is 2.27. The number of piperidine rings is 1. The lowest BCUT2D eigenvalue weighted by atomic mass is 10.1. The van der Waals surface area contributed by atoms with E-state index in [2.05, 4.69) is 49.8 Å². The second-order valence-corrected chi connectivity index (χ2v) is 5.71. The van der Waals surface area contributed by atoms with Gasteiger partial charge in [-0.15, -0.1) is 0 Å². The van der Waals surface area contributed by atoms with Crippen LogP contribution in [0, 0.1) is 0 Å². The van der Waals surface area contributed by atoms with Gasteiger partial charge in [0.2, 0.25) is 5.28 Å². The Labute approximate surface area is 115 Å². The third-order valence-corrected chi connectivity index (χ3v) is 3.86. The minimum Gasteiger partial charge on any atom is -0.354 e. The van der Waals surface area contributed by atoms with E-state index in [1.807, 2.05) is 0 Å². The first kappa shape index (κ1) is 13.1. The highest BCUT2D eigenvalue weighted by molar-refractivity contribution is 9.10. The van der Waals surface area contributed by atoms with E-state index >= 15 is 0 Å². The van der Waals surface area contributed by atoms with Gasteiger partial charge in [-0.2, -0.15) is 4.98 Å². The lowest BCUT2D eigenvalue weighted by molar-refractivity contribution is 0.257. The minimum absolute atomic E-state index is 0.301. The molecule has 0 N–H and O–H groups in total. The number of likely N-dealkylation sites (N-methyl/N-ethyl adjacent to an activating group) is 1. The molecule has 1 aromatic rings. The van der Waals surface area contributed by atoms with E-state index in [4.69, 9.17) is 11.6 Å². The predicted molar refractivity (Wildman–Crippen MR) is 73.7 cm³/mol. The molecule has 94 valence electrons. The number of aromatic nitrogens is 2. The zero-order valence-electron chi connectivity index (χ0n) is 10.0. The average molecular weight is 320 g/mol. The van der Waals surface area contributed by atoms with Crippen molar-refractivity contribution in [2.75, 3.05) is 32.1 Å². The maximum Gasteiger partial charge on any atom is 0.224 e. The molecule has 1 saturated heterocycles. The molecule has 17 heavy (non-hydrogen) atoms. The Morgan fingerprint density at radius 2 is 2.29 bits per heavy atom. The number of hydrogen-bond acceptors (Lipinski definition) is 4. The van der Waals surface area contributed by atoms with Gasteiger partial charge in [-0.25, -0.2) is 4.98 Å². The quantitative estimate of drug-likeness (QED) is 0.784. The third-order valence-electron chi connectivity index (χ3n) is 3.12. The first-order valence-electron chi connectivity index (χ1n) is 5.67. The SMILES string of the molecule is CN(C)C1CCCN(c2nc(Cl)ncc2Br)C1. The number of anilines is 1. The van der Waals surface area contributed by atoms with Gasteiger partial charge >= 0.3 is 0 Å². The summed E-state index contributed by atoms with van der Waals surface area (Å²) in [7, 11) is 4.24. The van der Waals surface area contributed by atoms with Crippen LogP contribution in [-0.4, -0.2) is 48.1 Å². The Hall–Kier alpha value is -0.390. The van der Waals surface area contributed by atoms with Crippen LogP contribution in [0.2, 0.25) is 5.28 Å². The van der Waals surface area contributed by atoms with Crippen LogP contribution in [0.1, 0.15) is 12.8 Å². The molecule has 0 saturated carbocycles. The summed E-state index contributed by atoms with van der Waals surface area (Å²) in [6, 6.07) is 0.574. The van der Waals surface area contributed by atoms with Crippen molar-refractivity contribution in [2.45, 2.75) is 18.9 Å². The van der Waals surface area contributed by atoms with Gasteiger partial charge in [0.25, 0.3) is 0 Å². The molecule has 0 radical (unpaired) electrons. The number of halogens is 2. The summed E-state index contributed by atoms with van der Waals surface area (Å²) in [4.78, 5) is 12.8. The minimum atomic E-state index is 0.301. The van der Waals surface area contributed by atoms with Crippen molar-refractivity contribution >= 4 is 33.3 Å². The molecular formula is C11H16BrClN4. The molecule has 1 unspecified atom stereocenters. The highest BCUT2D eigenvalue weighted by atomic mass is 79.9. The van der Waals surface area contributed by atoms with Gasteiger partial charge in [0, 0.05) is 25.3 Å². The molecular weight excluding hydrogens is 304 g/mol. The van der Waals surface area contributed by atoms with Crippen LogP contribution in [0.4, 0.5) is 5.82 Å². The van der Waals surface area contributed by atoms with E-state index in [1.165, 1.54) is 12.8 Å². The molecule has 0 aromatic carbocycles. The van der Waals surface area contributed by atoms with Gasteiger partial charge in [-0.3, -0.25) is 0 Å². The van der Waals surface area contributed by atoms with Gasteiger partial charge in [-0.1, -0.05) is 0 Å². The van der Waals surface area contributed by atoms with Gasteiger partial charge in [0.1, 0.15) is 5.82 Å². The van der Waals surface area contributed by atoms with Crippen LogP contribution in [0.15, 0.2) is 10.7 Å². The van der Waals surface area contributed by atoms with Crippen molar-refractivity contribution in [3.63, 3.8) is 0 Å². The standard InChI is InChI=1S/C11H16BrClN4/c1-16(2)8-4-3-5-17(7-8)10-9(12)6-14-11(13)15-10/h6,8H,3-5,7H2,1-2H3. The van der Waals surface area contributed by atoms with Crippen molar-refractivity contribution < 1.29 is 0 Å². The van der Waals surface area contributed by atoms with E-state index in [-0.39, 0.29) is 0 Å².